The molecular weight excluding hydrogens is 360 g/mol. The van der Waals surface area contributed by atoms with Crippen LogP contribution in [0.15, 0.2) is 48.5 Å². The molecule has 2 amide bonds. The summed E-state index contributed by atoms with van der Waals surface area (Å²) in [4.78, 5) is 25.0. The molecule has 0 spiro atoms. The van der Waals surface area contributed by atoms with Crippen LogP contribution in [0.1, 0.15) is 54.4 Å². The van der Waals surface area contributed by atoms with Crippen LogP contribution in [-0.4, -0.2) is 17.9 Å². The summed E-state index contributed by atoms with van der Waals surface area (Å²) in [5, 5.41) is 6.65. The monoisotopic (exact) mass is 384 g/mol. The van der Waals surface area contributed by atoms with Gasteiger partial charge in [0.25, 0.3) is 5.91 Å². The van der Waals surface area contributed by atoms with Crippen LogP contribution in [0, 0.1) is 0 Å². The van der Waals surface area contributed by atoms with Crippen molar-refractivity contribution < 1.29 is 9.59 Å². The molecule has 0 aliphatic heterocycles. The van der Waals surface area contributed by atoms with E-state index in [4.69, 9.17) is 11.6 Å². The van der Waals surface area contributed by atoms with Gasteiger partial charge in [0.1, 0.15) is 0 Å². The van der Waals surface area contributed by atoms with Crippen LogP contribution in [0.5, 0.6) is 0 Å². The molecule has 0 saturated heterocycles. The van der Waals surface area contributed by atoms with Crippen molar-refractivity contribution in [3.63, 3.8) is 0 Å². The molecule has 1 fully saturated rings. The zero-order valence-electron chi connectivity index (χ0n) is 15.3. The molecule has 142 valence electrons. The number of carbonyl (C=O) groups is 2. The standard InChI is InChI=1S/C22H25ClN2O2/c23-19-12-6-4-8-16(19)14-15-21(26)25-20-13-7-5-11-18(20)22(27)24-17-9-2-1-3-10-17/h4-8,11-13,17H,1-3,9-10,14-15H2,(H,24,27)(H,25,26). The molecule has 0 aromatic heterocycles. The number of nitrogens with one attached hydrogen (secondary N) is 2. The van der Waals surface area contributed by atoms with Crippen molar-refractivity contribution in [2.45, 2.75) is 51.0 Å². The molecule has 2 aromatic rings. The van der Waals surface area contributed by atoms with Crippen molar-refractivity contribution in [1.29, 1.82) is 0 Å². The number of carbonyl (C=O) groups excluding carboxylic acids is 2. The first-order chi connectivity index (χ1) is 13.1. The van der Waals surface area contributed by atoms with Crippen molar-refractivity contribution in [3.8, 4) is 0 Å². The number of amides is 2. The average molecular weight is 385 g/mol. The third-order valence-electron chi connectivity index (χ3n) is 4.97. The highest BCUT2D eigenvalue weighted by molar-refractivity contribution is 6.31. The molecule has 2 N–H and O–H groups in total. The first kappa shape index (κ1) is 19.4. The van der Waals surface area contributed by atoms with Gasteiger partial charge in [-0.25, -0.2) is 0 Å². The van der Waals surface area contributed by atoms with E-state index >= 15 is 0 Å². The van der Waals surface area contributed by atoms with Gasteiger partial charge in [0.2, 0.25) is 5.91 Å². The number of hydrogen-bond acceptors (Lipinski definition) is 2. The molecule has 27 heavy (non-hydrogen) atoms. The molecule has 4 nitrogen and oxygen atoms in total. The number of rotatable bonds is 6. The number of halogens is 1. The van der Waals surface area contributed by atoms with Gasteiger partial charge in [0, 0.05) is 17.5 Å². The van der Waals surface area contributed by atoms with Crippen molar-refractivity contribution in [2.75, 3.05) is 5.32 Å². The molecule has 0 heterocycles. The van der Waals surface area contributed by atoms with E-state index in [1.54, 1.807) is 12.1 Å². The van der Waals surface area contributed by atoms with E-state index in [0.29, 0.717) is 29.1 Å². The predicted octanol–water partition coefficient (Wildman–Crippen LogP) is 4.97. The topological polar surface area (TPSA) is 58.2 Å². The Hall–Kier alpha value is -2.33. The fourth-order valence-corrected chi connectivity index (χ4v) is 3.69. The quantitative estimate of drug-likeness (QED) is 0.738. The molecular formula is C22H25ClN2O2. The molecule has 3 rings (SSSR count). The van der Waals surface area contributed by atoms with Gasteiger partial charge in [0.05, 0.1) is 11.3 Å². The maximum absolute atomic E-state index is 12.7. The van der Waals surface area contributed by atoms with Gasteiger partial charge in [0.15, 0.2) is 0 Å². The average Bonchev–Trinajstić information content (AvgIpc) is 2.68. The van der Waals surface area contributed by atoms with Gasteiger partial charge in [-0.15, -0.1) is 0 Å². The Morgan fingerprint density at radius 3 is 2.44 bits per heavy atom. The molecule has 0 bridgehead atoms. The summed E-state index contributed by atoms with van der Waals surface area (Å²) in [6, 6.07) is 14.9. The number of anilines is 1. The van der Waals surface area contributed by atoms with Crippen LogP contribution in [0.4, 0.5) is 5.69 Å². The number of hydrogen-bond donors (Lipinski definition) is 2. The Morgan fingerprint density at radius 2 is 1.67 bits per heavy atom. The SMILES string of the molecule is O=C(CCc1ccccc1Cl)Nc1ccccc1C(=O)NC1CCCCC1. The molecule has 1 aliphatic carbocycles. The Kier molecular flexibility index (Phi) is 6.88. The van der Waals surface area contributed by atoms with Crippen LogP contribution in [0.3, 0.4) is 0 Å². The highest BCUT2D eigenvalue weighted by atomic mass is 35.5. The summed E-state index contributed by atoms with van der Waals surface area (Å²) < 4.78 is 0. The van der Waals surface area contributed by atoms with E-state index in [0.717, 1.165) is 31.2 Å². The Morgan fingerprint density at radius 1 is 0.963 bits per heavy atom. The molecule has 0 atom stereocenters. The maximum Gasteiger partial charge on any atom is 0.253 e. The number of aryl methyl sites for hydroxylation is 1. The minimum Gasteiger partial charge on any atom is -0.349 e. The van der Waals surface area contributed by atoms with Gasteiger partial charge in [-0.2, -0.15) is 0 Å². The summed E-state index contributed by atoms with van der Waals surface area (Å²) in [5.41, 5.74) is 2.00. The third-order valence-corrected chi connectivity index (χ3v) is 5.33. The van der Waals surface area contributed by atoms with E-state index in [2.05, 4.69) is 10.6 Å². The van der Waals surface area contributed by atoms with Gasteiger partial charge < -0.3 is 10.6 Å². The fourth-order valence-electron chi connectivity index (χ4n) is 3.46. The van der Waals surface area contributed by atoms with E-state index in [1.807, 2.05) is 36.4 Å². The van der Waals surface area contributed by atoms with Gasteiger partial charge in [-0.1, -0.05) is 61.2 Å². The van der Waals surface area contributed by atoms with Crippen molar-refractivity contribution in [3.05, 3.63) is 64.7 Å². The molecule has 1 aliphatic rings. The minimum absolute atomic E-state index is 0.121. The lowest BCUT2D eigenvalue weighted by atomic mass is 9.95. The zero-order chi connectivity index (χ0) is 19.1. The molecule has 5 heteroatoms. The Balaban J connectivity index is 1.60. The summed E-state index contributed by atoms with van der Waals surface area (Å²) in [7, 11) is 0. The fraction of sp³-hybridized carbons (Fsp3) is 0.364. The van der Waals surface area contributed by atoms with Crippen LogP contribution in [0.25, 0.3) is 0 Å². The van der Waals surface area contributed by atoms with Crippen LogP contribution in [-0.2, 0) is 11.2 Å². The van der Waals surface area contributed by atoms with Gasteiger partial charge in [-0.05, 0) is 43.0 Å². The first-order valence-electron chi connectivity index (χ1n) is 9.56. The lowest BCUT2D eigenvalue weighted by Crippen LogP contribution is -2.36. The van der Waals surface area contributed by atoms with Crippen molar-refractivity contribution >= 4 is 29.1 Å². The summed E-state index contributed by atoms with van der Waals surface area (Å²) in [6.07, 6.45) is 6.47. The van der Waals surface area contributed by atoms with Gasteiger partial charge >= 0.3 is 0 Å². The van der Waals surface area contributed by atoms with Crippen LogP contribution >= 0.6 is 11.6 Å². The lowest BCUT2D eigenvalue weighted by Gasteiger charge is -2.23. The van der Waals surface area contributed by atoms with Crippen molar-refractivity contribution in [2.24, 2.45) is 0 Å². The van der Waals surface area contributed by atoms with Gasteiger partial charge in [-0.3, -0.25) is 9.59 Å². The number of benzene rings is 2. The second kappa shape index (κ2) is 9.56. The summed E-state index contributed by atoms with van der Waals surface area (Å²) >= 11 is 6.14. The molecule has 0 radical (unpaired) electrons. The van der Waals surface area contributed by atoms with E-state index in [-0.39, 0.29) is 17.9 Å². The largest absolute Gasteiger partial charge is 0.349 e. The van der Waals surface area contributed by atoms with E-state index in [9.17, 15) is 9.59 Å². The predicted molar refractivity (Wildman–Crippen MR) is 109 cm³/mol. The second-order valence-electron chi connectivity index (χ2n) is 6.99. The molecule has 0 unspecified atom stereocenters. The lowest BCUT2D eigenvalue weighted by molar-refractivity contribution is -0.116. The maximum atomic E-state index is 12.7. The summed E-state index contributed by atoms with van der Waals surface area (Å²) in [6.45, 7) is 0. The molecule has 1 saturated carbocycles. The third kappa shape index (κ3) is 5.57. The number of para-hydroxylation sites is 1. The zero-order valence-corrected chi connectivity index (χ0v) is 16.1. The smallest absolute Gasteiger partial charge is 0.253 e. The Labute approximate surface area is 165 Å². The van der Waals surface area contributed by atoms with E-state index in [1.165, 1.54) is 6.42 Å². The van der Waals surface area contributed by atoms with Crippen molar-refractivity contribution in [1.82, 2.24) is 5.32 Å². The Bertz CT molecular complexity index is 800. The highest BCUT2D eigenvalue weighted by Crippen LogP contribution is 2.21. The second-order valence-corrected chi connectivity index (χ2v) is 7.40. The minimum atomic E-state index is -0.132. The first-order valence-corrected chi connectivity index (χ1v) is 9.94. The molecule has 2 aromatic carbocycles. The van der Waals surface area contributed by atoms with E-state index < -0.39 is 0 Å². The van der Waals surface area contributed by atoms with Crippen LogP contribution in [0.2, 0.25) is 5.02 Å². The highest BCUT2D eigenvalue weighted by Gasteiger charge is 2.19. The normalized spacial score (nSPS) is 14.6. The van der Waals surface area contributed by atoms with Crippen LogP contribution < -0.4 is 10.6 Å². The summed E-state index contributed by atoms with van der Waals surface area (Å²) in [5.74, 6) is -0.253.